The van der Waals surface area contributed by atoms with E-state index in [2.05, 4.69) is 12.2 Å². The average molecular weight is 329 g/mol. The number of carbonyl (C=O) groups excluding carboxylic acids is 2. The van der Waals surface area contributed by atoms with E-state index in [0.717, 1.165) is 44.6 Å². The molecule has 130 valence electrons. The Kier molecular flexibility index (Phi) is 5.51. The lowest BCUT2D eigenvalue weighted by Gasteiger charge is -2.38. The Labute approximate surface area is 144 Å². The molecule has 0 bridgehead atoms. The van der Waals surface area contributed by atoms with E-state index in [1.807, 2.05) is 40.1 Å². The molecule has 0 radical (unpaired) electrons. The molecule has 1 aromatic rings. The van der Waals surface area contributed by atoms with E-state index in [0.29, 0.717) is 19.0 Å². The molecule has 1 N–H and O–H groups in total. The summed E-state index contributed by atoms with van der Waals surface area (Å²) >= 11 is 0. The van der Waals surface area contributed by atoms with Gasteiger partial charge in [0.1, 0.15) is 0 Å². The minimum absolute atomic E-state index is 0.0382. The lowest BCUT2D eigenvalue weighted by Crippen LogP contribution is -2.55. The fourth-order valence-corrected chi connectivity index (χ4v) is 3.68. The van der Waals surface area contributed by atoms with Gasteiger partial charge in [-0.3, -0.25) is 9.59 Å². The molecule has 2 atom stereocenters. The van der Waals surface area contributed by atoms with Gasteiger partial charge in [0.2, 0.25) is 11.8 Å². The summed E-state index contributed by atoms with van der Waals surface area (Å²) in [4.78, 5) is 29.2. The van der Waals surface area contributed by atoms with Crippen molar-refractivity contribution in [3.63, 3.8) is 0 Å². The molecule has 0 spiro atoms. The topological polar surface area (TPSA) is 52.7 Å². The molecule has 0 aromatic heterocycles. The normalized spacial score (nSPS) is 24.7. The van der Waals surface area contributed by atoms with Gasteiger partial charge in [0.05, 0.1) is 12.3 Å². The van der Waals surface area contributed by atoms with Crippen LogP contribution in [0.3, 0.4) is 0 Å². The van der Waals surface area contributed by atoms with Crippen LogP contribution in [0.5, 0.6) is 0 Å². The number of nitrogens with zero attached hydrogens (tertiary/aromatic N) is 2. The van der Waals surface area contributed by atoms with Gasteiger partial charge < -0.3 is 15.1 Å². The van der Waals surface area contributed by atoms with E-state index in [9.17, 15) is 9.59 Å². The highest BCUT2D eigenvalue weighted by Gasteiger charge is 2.32. The van der Waals surface area contributed by atoms with Gasteiger partial charge in [0, 0.05) is 38.8 Å². The predicted molar refractivity (Wildman–Crippen MR) is 93.5 cm³/mol. The summed E-state index contributed by atoms with van der Waals surface area (Å²) in [5.41, 5.74) is 1.03. The fourth-order valence-electron chi connectivity index (χ4n) is 3.68. The van der Waals surface area contributed by atoms with Crippen molar-refractivity contribution >= 4 is 11.8 Å². The van der Waals surface area contributed by atoms with Crippen molar-refractivity contribution in [2.75, 3.05) is 32.7 Å². The fraction of sp³-hybridized carbons (Fsp3) is 0.579. The summed E-state index contributed by atoms with van der Waals surface area (Å²) in [6.07, 6.45) is 2.23. The summed E-state index contributed by atoms with van der Waals surface area (Å²) in [7, 11) is 0. The first-order valence-corrected chi connectivity index (χ1v) is 8.97. The van der Waals surface area contributed by atoms with Crippen LogP contribution in [-0.4, -0.2) is 60.4 Å². The number of carbonyl (C=O) groups is 2. The van der Waals surface area contributed by atoms with E-state index < -0.39 is 0 Å². The van der Waals surface area contributed by atoms with Crippen LogP contribution < -0.4 is 5.32 Å². The van der Waals surface area contributed by atoms with Crippen molar-refractivity contribution in [2.45, 2.75) is 32.2 Å². The zero-order chi connectivity index (χ0) is 16.9. The van der Waals surface area contributed by atoms with Gasteiger partial charge in [-0.25, -0.2) is 0 Å². The number of rotatable bonds is 3. The van der Waals surface area contributed by atoms with Crippen molar-refractivity contribution in [3.05, 3.63) is 35.9 Å². The van der Waals surface area contributed by atoms with Gasteiger partial charge in [-0.1, -0.05) is 30.3 Å². The van der Waals surface area contributed by atoms with Crippen molar-refractivity contribution in [1.82, 2.24) is 15.1 Å². The van der Waals surface area contributed by atoms with E-state index in [4.69, 9.17) is 0 Å². The zero-order valence-electron chi connectivity index (χ0n) is 14.4. The van der Waals surface area contributed by atoms with Crippen molar-refractivity contribution in [2.24, 2.45) is 5.92 Å². The van der Waals surface area contributed by atoms with E-state index >= 15 is 0 Å². The summed E-state index contributed by atoms with van der Waals surface area (Å²) < 4.78 is 0. The maximum atomic E-state index is 12.8. The Morgan fingerprint density at radius 3 is 2.67 bits per heavy atom. The molecule has 2 aliphatic rings. The number of benzene rings is 1. The van der Waals surface area contributed by atoms with Gasteiger partial charge in [-0.05, 0) is 25.3 Å². The number of hydrogen-bond donors (Lipinski definition) is 1. The van der Waals surface area contributed by atoms with Gasteiger partial charge in [-0.15, -0.1) is 0 Å². The third-order valence-corrected chi connectivity index (χ3v) is 5.00. The summed E-state index contributed by atoms with van der Waals surface area (Å²) in [5, 5.41) is 3.37. The number of piperazine rings is 1. The Bertz CT molecular complexity index is 575. The molecule has 0 aliphatic carbocycles. The van der Waals surface area contributed by atoms with Crippen LogP contribution >= 0.6 is 0 Å². The first kappa shape index (κ1) is 17.0. The molecular weight excluding hydrogens is 302 g/mol. The quantitative estimate of drug-likeness (QED) is 0.909. The first-order valence-electron chi connectivity index (χ1n) is 8.97. The van der Waals surface area contributed by atoms with Crippen LogP contribution in [0.25, 0.3) is 0 Å². The summed E-state index contributed by atoms with van der Waals surface area (Å²) in [6.45, 7) is 5.85. The minimum atomic E-state index is -0.0382. The second-order valence-corrected chi connectivity index (χ2v) is 6.98. The summed E-state index contributed by atoms with van der Waals surface area (Å²) in [5.74, 6) is 0.316. The smallest absolute Gasteiger partial charge is 0.227 e. The molecule has 2 unspecified atom stereocenters. The van der Waals surface area contributed by atoms with Crippen molar-refractivity contribution in [1.29, 1.82) is 0 Å². The third kappa shape index (κ3) is 4.15. The zero-order valence-corrected chi connectivity index (χ0v) is 14.4. The Morgan fingerprint density at radius 2 is 1.92 bits per heavy atom. The first-order chi connectivity index (χ1) is 11.6. The number of amides is 2. The highest BCUT2D eigenvalue weighted by atomic mass is 16.2. The summed E-state index contributed by atoms with van der Waals surface area (Å²) in [6, 6.07) is 10.2. The number of hydrogen-bond acceptors (Lipinski definition) is 3. The molecule has 3 rings (SSSR count). The molecule has 2 heterocycles. The molecule has 2 amide bonds. The number of likely N-dealkylation sites (tertiary alicyclic amines) is 1. The SMILES string of the molecule is CC1CN(C(=O)C2CCCN(C(=O)Cc3ccccc3)C2)CCN1. The molecule has 0 saturated carbocycles. The largest absolute Gasteiger partial charge is 0.342 e. The molecule has 24 heavy (non-hydrogen) atoms. The highest BCUT2D eigenvalue weighted by molar-refractivity contribution is 5.82. The highest BCUT2D eigenvalue weighted by Crippen LogP contribution is 2.20. The molecule has 5 heteroatoms. The lowest BCUT2D eigenvalue weighted by atomic mass is 9.95. The van der Waals surface area contributed by atoms with Crippen LogP contribution in [0.15, 0.2) is 30.3 Å². The maximum Gasteiger partial charge on any atom is 0.227 e. The van der Waals surface area contributed by atoms with Gasteiger partial charge in [0.25, 0.3) is 0 Å². The van der Waals surface area contributed by atoms with Crippen LogP contribution in [0.1, 0.15) is 25.3 Å². The van der Waals surface area contributed by atoms with Gasteiger partial charge in [-0.2, -0.15) is 0 Å². The third-order valence-electron chi connectivity index (χ3n) is 5.00. The predicted octanol–water partition coefficient (Wildman–Crippen LogP) is 1.29. The lowest BCUT2D eigenvalue weighted by molar-refractivity contribution is -0.141. The second kappa shape index (κ2) is 7.79. The number of nitrogens with one attached hydrogen (secondary N) is 1. The van der Waals surface area contributed by atoms with Crippen molar-refractivity contribution in [3.8, 4) is 0 Å². The maximum absolute atomic E-state index is 12.8. The average Bonchev–Trinajstić information content (AvgIpc) is 2.62. The van der Waals surface area contributed by atoms with Crippen LogP contribution in [0, 0.1) is 5.92 Å². The minimum Gasteiger partial charge on any atom is -0.342 e. The van der Waals surface area contributed by atoms with Gasteiger partial charge >= 0.3 is 0 Å². The van der Waals surface area contributed by atoms with Gasteiger partial charge in [0.15, 0.2) is 0 Å². The van der Waals surface area contributed by atoms with E-state index in [1.165, 1.54) is 0 Å². The van der Waals surface area contributed by atoms with Crippen molar-refractivity contribution < 1.29 is 9.59 Å². The van der Waals surface area contributed by atoms with E-state index in [1.54, 1.807) is 0 Å². The molecule has 1 aromatic carbocycles. The Hall–Kier alpha value is -1.88. The molecule has 5 nitrogen and oxygen atoms in total. The second-order valence-electron chi connectivity index (χ2n) is 6.98. The molecule has 2 saturated heterocycles. The number of piperidine rings is 1. The van der Waals surface area contributed by atoms with Crippen LogP contribution in [-0.2, 0) is 16.0 Å². The Morgan fingerprint density at radius 1 is 1.12 bits per heavy atom. The standard InChI is InChI=1S/C19H27N3O2/c1-15-13-22(11-9-20-15)19(24)17-8-5-10-21(14-17)18(23)12-16-6-3-2-4-7-16/h2-4,6-7,15,17,20H,5,8-14H2,1H3. The van der Waals surface area contributed by atoms with Crippen LogP contribution in [0.4, 0.5) is 0 Å². The molecule has 2 fully saturated rings. The molecular formula is C19H27N3O2. The van der Waals surface area contributed by atoms with E-state index in [-0.39, 0.29) is 17.7 Å². The monoisotopic (exact) mass is 329 g/mol. The molecule has 2 aliphatic heterocycles. The Balaban J connectivity index is 1.57. The van der Waals surface area contributed by atoms with Crippen LogP contribution in [0.2, 0.25) is 0 Å².